The molecule has 0 atom stereocenters. The lowest BCUT2D eigenvalue weighted by atomic mass is 9.79. The van der Waals surface area contributed by atoms with Gasteiger partial charge < -0.3 is 4.74 Å². The van der Waals surface area contributed by atoms with E-state index in [1.54, 1.807) is 6.08 Å². The first-order valence-corrected chi connectivity index (χ1v) is 10.8. The second kappa shape index (κ2) is 11.0. The number of allylic oxidation sites excluding steroid dienone is 2. The lowest BCUT2D eigenvalue weighted by Gasteiger charge is -2.26. The Bertz CT molecular complexity index is 731. The molecule has 0 N–H and O–H groups in total. The van der Waals surface area contributed by atoms with Crippen LogP contribution >= 0.6 is 0 Å². The van der Waals surface area contributed by atoms with E-state index in [0.29, 0.717) is 13.2 Å². The molecule has 2 aromatic rings. The highest BCUT2D eigenvalue weighted by Crippen LogP contribution is 2.32. The molecular formula is C27H34O. The molecule has 0 spiro atoms. The van der Waals surface area contributed by atoms with Gasteiger partial charge in [0.15, 0.2) is 0 Å². The average molecular weight is 375 g/mol. The molecule has 0 saturated heterocycles. The van der Waals surface area contributed by atoms with E-state index in [4.69, 9.17) is 4.74 Å². The van der Waals surface area contributed by atoms with Crippen LogP contribution in [0.25, 0.3) is 11.1 Å². The maximum absolute atomic E-state index is 5.50. The molecule has 0 heterocycles. The zero-order valence-electron chi connectivity index (χ0n) is 17.3. The van der Waals surface area contributed by atoms with E-state index in [1.165, 1.54) is 60.8 Å². The Morgan fingerprint density at radius 1 is 0.893 bits per heavy atom. The second-order valence-electron chi connectivity index (χ2n) is 8.04. The van der Waals surface area contributed by atoms with Crippen LogP contribution in [0.5, 0.6) is 0 Å². The molecule has 1 aliphatic carbocycles. The van der Waals surface area contributed by atoms with Crippen molar-refractivity contribution >= 4 is 0 Å². The Balaban J connectivity index is 1.47. The minimum Gasteiger partial charge on any atom is -0.373 e. The van der Waals surface area contributed by atoms with Crippen molar-refractivity contribution in [2.75, 3.05) is 6.61 Å². The second-order valence-corrected chi connectivity index (χ2v) is 8.04. The van der Waals surface area contributed by atoms with Crippen molar-refractivity contribution in [3.63, 3.8) is 0 Å². The predicted octanol–water partition coefficient (Wildman–Crippen LogP) is 7.37. The number of hydrogen-bond donors (Lipinski definition) is 0. The molecule has 0 aliphatic heterocycles. The summed E-state index contributed by atoms with van der Waals surface area (Å²) in [6, 6.07) is 17.8. The van der Waals surface area contributed by atoms with Crippen molar-refractivity contribution in [2.24, 2.45) is 11.8 Å². The summed E-state index contributed by atoms with van der Waals surface area (Å²) in [6.45, 7) is 7.05. The van der Waals surface area contributed by atoms with Gasteiger partial charge in [0.1, 0.15) is 0 Å². The lowest BCUT2D eigenvalue weighted by molar-refractivity contribution is 0.149. The molecule has 1 saturated carbocycles. The predicted molar refractivity (Wildman–Crippen MR) is 120 cm³/mol. The van der Waals surface area contributed by atoms with Gasteiger partial charge in [-0.15, -0.1) is 6.58 Å². The van der Waals surface area contributed by atoms with E-state index >= 15 is 0 Å². The number of ether oxygens (including phenoxy) is 1. The molecule has 0 aromatic heterocycles. The molecule has 1 heteroatoms. The summed E-state index contributed by atoms with van der Waals surface area (Å²) in [5.74, 6) is 1.75. The monoisotopic (exact) mass is 374 g/mol. The fourth-order valence-corrected chi connectivity index (χ4v) is 4.23. The zero-order chi connectivity index (χ0) is 19.6. The molecular weight excluding hydrogens is 340 g/mol. The quantitative estimate of drug-likeness (QED) is 0.329. The zero-order valence-corrected chi connectivity index (χ0v) is 17.3. The molecule has 1 nitrogen and oxygen atoms in total. The third-order valence-corrected chi connectivity index (χ3v) is 5.94. The van der Waals surface area contributed by atoms with Gasteiger partial charge in [-0.3, -0.25) is 0 Å². The lowest BCUT2D eigenvalue weighted by Crippen LogP contribution is -2.13. The van der Waals surface area contributed by atoms with Gasteiger partial charge in [0.2, 0.25) is 0 Å². The van der Waals surface area contributed by atoms with Gasteiger partial charge in [0, 0.05) is 0 Å². The van der Waals surface area contributed by atoms with Crippen LogP contribution in [0.2, 0.25) is 0 Å². The van der Waals surface area contributed by atoms with Crippen LogP contribution in [-0.4, -0.2) is 6.61 Å². The topological polar surface area (TPSA) is 9.23 Å². The van der Waals surface area contributed by atoms with Gasteiger partial charge in [-0.1, -0.05) is 66.8 Å². The first kappa shape index (κ1) is 20.6. The molecule has 2 aromatic carbocycles. The fraction of sp³-hybridized carbons (Fsp3) is 0.407. The van der Waals surface area contributed by atoms with Crippen LogP contribution in [0.1, 0.15) is 50.2 Å². The summed E-state index contributed by atoms with van der Waals surface area (Å²) in [6.07, 6.45) is 14.5. The van der Waals surface area contributed by atoms with Gasteiger partial charge >= 0.3 is 0 Å². The van der Waals surface area contributed by atoms with Crippen LogP contribution < -0.4 is 0 Å². The van der Waals surface area contributed by atoms with E-state index in [9.17, 15) is 0 Å². The van der Waals surface area contributed by atoms with Crippen molar-refractivity contribution in [3.8, 4) is 11.1 Å². The molecule has 0 bridgehead atoms. The van der Waals surface area contributed by atoms with Crippen molar-refractivity contribution in [3.05, 3.63) is 84.5 Å². The number of rotatable bonds is 9. The Morgan fingerprint density at radius 2 is 1.50 bits per heavy atom. The fourth-order valence-electron chi connectivity index (χ4n) is 4.23. The van der Waals surface area contributed by atoms with Crippen molar-refractivity contribution in [1.29, 1.82) is 0 Å². The Kier molecular flexibility index (Phi) is 8.11. The molecule has 0 unspecified atom stereocenters. The van der Waals surface area contributed by atoms with E-state index in [0.717, 1.165) is 11.8 Å². The molecule has 1 fully saturated rings. The summed E-state index contributed by atoms with van der Waals surface area (Å²) < 4.78 is 5.50. The number of aryl methyl sites for hydroxylation is 1. The van der Waals surface area contributed by atoms with Crippen molar-refractivity contribution in [1.82, 2.24) is 0 Å². The van der Waals surface area contributed by atoms with E-state index < -0.39 is 0 Å². The average Bonchev–Trinajstić information content (AvgIpc) is 2.75. The minimum absolute atomic E-state index is 0.598. The number of benzene rings is 2. The molecule has 3 rings (SSSR count). The van der Waals surface area contributed by atoms with Crippen LogP contribution in [0.4, 0.5) is 0 Å². The summed E-state index contributed by atoms with van der Waals surface area (Å²) in [4.78, 5) is 0. The molecule has 0 amide bonds. The third kappa shape index (κ3) is 6.21. The van der Waals surface area contributed by atoms with E-state index in [1.807, 2.05) is 0 Å². The summed E-state index contributed by atoms with van der Waals surface area (Å²) in [7, 11) is 0. The van der Waals surface area contributed by atoms with Crippen LogP contribution in [-0.2, 0) is 17.8 Å². The maximum Gasteiger partial charge on any atom is 0.0721 e. The number of hydrogen-bond acceptors (Lipinski definition) is 1. The molecule has 1 aliphatic rings. The first-order valence-electron chi connectivity index (χ1n) is 10.8. The Hall–Kier alpha value is -2.12. The SMILES string of the molecule is C=CCOCc1ccc(-c2ccc(CC[C@H]3CC[C@H](/C=C\C)CC3)cc2)cc1. The normalized spacial score (nSPS) is 19.8. The van der Waals surface area contributed by atoms with Crippen molar-refractivity contribution in [2.45, 2.75) is 52.1 Å². The van der Waals surface area contributed by atoms with Crippen LogP contribution in [0.3, 0.4) is 0 Å². The summed E-state index contributed by atoms with van der Waals surface area (Å²) in [5, 5.41) is 0. The van der Waals surface area contributed by atoms with E-state index in [2.05, 4.69) is 74.2 Å². The summed E-state index contributed by atoms with van der Waals surface area (Å²) >= 11 is 0. The van der Waals surface area contributed by atoms with Crippen LogP contribution in [0.15, 0.2) is 73.3 Å². The van der Waals surface area contributed by atoms with Gasteiger partial charge in [0.05, 0.1) is 13.2 Å². The minimum atomic E-state index is 0.598. The van der Waals surface area contributed by atoms with Gasteiger partial charge in [-0.05, 0) is 79.5 Å². The Morgan fingerprint density at radius 3 is 2.07 bits per heavy atom. The third-order valence-electron chi connectivity index (χ3n) is 5.94. The first-order chi connectivity index (χ1) is 13.8. The van der Waals surface area contributed by atoms with Gasteiger partial charge in [-0.25, -0.2) is 0 Å². The van der Waals surface area contributed by atoms with E-state index in [-0.39, 0.29) is 0 Å². The van der Waals surface area contributed by atoms with Crippen molar-refractivity contribution < 1.29 is 4.74 Å². The molecule has 148 valence electrons. The largest absolute Gasteiger partial charge is 0.373 e. The molecule has 0 radical (unpaired) electrons. The summed E-state index contributed by atoms with van der Waals surface area (Å²) in [5.41, 5.74) is 5.22. The highest BCUT2D eigenvalue weighted by Gasteiger charge is 2.19. The van der Waals surface area contributed by atoms with Gasteiger partial charge in [-0.2, -0.15) is 0 Å². The van der Waals surface area contributed by atoms with Crippen LogP contribution in [0, 0.1) is 11.8 Å². The standard InChI is InChI=1S/C27H34O/c1-3-5-22-6-8-23(9-7-22)10-11-24-12-16-26(17-13-24)27-18-14-25(15-19-27)21-28-20-4-2/h3-5,12-19,22-23H,2,6-11,20-21H2,1H3/b5-3-/t22-,23-. The Labute approximate surface area is 171 Å². The highest BCUT2D eigenvalue weighted by molar-refractivity contribution is 5.63. The smallest absolute Gasteiger partial charge is 0.0721 e. The highest BCUT2D eigenvalue weighted by atomic mass is 16.5. The maximum atomic E-state index is 5.50. The van der Waals surface area contributed by atoms with Gasteiger partial charge in [0.25, 0.3) is 0 Å². The molecule has 28 heavy (non-hydrogen) atoms.